The average Bonchev–Trinajstić information content (AvgIpc) is 3.12. The highest BCUT2D eigenvalue weighted by atomic mass is 35.5. The van der Waals surface area contributed by atoms with Gasteiger partial charge in [-0.1, -0.05) is 11.6 Å². The van der Waals surface area contributed by atoms with Gasteiger partial charge in [0.25, 0.3) is 0 Å². The first-order chi connectivity index (χ1) is 11.8. The van der Waals surface area contributed by atoms with Gasteiger partial charge in [-0.05, 0) is 44.7 Å². The molecular formula is C17H22ClN3O3S. The summed E-state index contributed by atoms with van der Waals surface area (Å²) in [6.45, 7) is 4.67. The molecule has 6 nitrogen and oxygen atoms in total. The Balaban J connectivity index is 1.68. The molecule has 1 N–H and O–H groups in total. The third-order valence-corrected chi connectivity index (χ3v) is 8.10. The molecule has 3 heterocycles. The van der Waals surface area contributed by atoms with Crippen LogP contribution in [0, 0.1) is 5.92 Å². The van der Waals surface area contributed by atoms with E-state index < -0.39 is 21.7 Å². The van der Waals surface area contributed by atoms with Gasteiger partial charge in [-0.15, -0.1) is 0 Å². The summed E-state index contributed by atoms with van der Waals surface area (Å²) < 4.78 is 27.7. The van der Waals surface area contributed by atoms with Crippen molar-refractivity contribution in [1.29, 1.82) is 0 Å². The second kappa shape index (κ2) is 5.67. The molecule has 0 aliphatic carbocycles. The van der Waals surface area contributed by atoms with Crippen molar-refractivity contribution in [1.82, 2.24) is 14.1 Å². The molecule has 136 valence electrons. The maximum absolute atomic E-state index is 12.1. The van der Waals surface area contributed by atoms with Crippen LogP contribution in [0.5, 0.6) is 0 Å². The number of benzene rings is 1. The molecule has 0 radical (unpaired) electrons. The Labute approximate surface area is 152 Å². The van der Waals surface area contributed by atoms with Crippen molar-refractivity contribution in [3.8, 4) is 0 Å². The highest BCUT2D eigenvalue weighted by Crippen LogP contribution is 2.51. The first-order valence-corrected chi connectivity index (χ1v) is 10.6. The summed E-state index contributed by atoms with van der Waals surface area (Å²) >= 11 is 6.19. The number of sulfonamides is 1. The van der Waals surface area contributed by atoms with E-state index in [1.807, 2.05) is 23.7 Å². The smallest absolute Gasteiger partial charge is 0.213 e. The number of aliphatic hydroxyl groups excluding tert-OH is 1. The summed E-state index contributed by atoms with van der Waals surface area (Å²) in [6, 6.07) is 3.67. The van der Waals surface area contributed by atoms with Crippen molar-refractivity contribution in [2.45, 2.75) is 38.3 Å². The number of hydrogen-bond acceptors (Lipinski definition) is 4. The lowest BCUT2D eigenvalue weighted by Gasteiger charge is -2.42. The fourth-order valence-corrected chi connectivity index (χ4v) is 5.83. The van der Waals surface area contributed by atoms with Gasteiger partial charge in [0.15, 0.2) is 0 Å². The monoisotopic (exact) mass is 383 g/mol. The SMILES string of the molecule is CCS(=O)(=O)N1CCC(C2(C)[C@H](O)c3cc(Cl)cc4cnn2c34)CC1. The number of nitrogens with zero attached hydrogens (tertiary/aromatic N) is 3. The van der Waals surface area contributed by atoms with E-state index in [1.54, 1.807) is 17.4 Å². The minimum absolute atomic E-state index is 0.126. The molecule has 2 aromatic rings. The van der Waals surface area contributed by atoms with Gasteiger partial charge in [0.05, 0.1) is 23.0 Å². The van der Waals surface area contributed by atoms with Crippen LogP contribution in [0.15, 0.2) is 18.3 Å². The van der Waals surface area contributed by atoms with Gasteiger partial charge < -0.3 is 5.11 Å². The Hall–Kier alpha value is -1.15. The van der Waals surface area contributed by atoms with Gasteiger partial charge in [-0.2, -0.15) is 5.10 Å². The lowest BCUT2D eigenvalue weighted by molar-refractivity contribution is -0.00857. The molecule has 1 unspecified atom stereocenters. The summed E-state index contributed by atoms with van der Waals surface area (Å²) in [5.41, 5.74) is 1.16. The van der Waals surface area contributed by atoms with Crippen LogP contribution in [-0.2, 0) is 15.6 Å². The van der Waals surface area contributed by atoms with Crippen LogP contribution in [0.1, 0.15) is 38.4 Å². The highest BCUT2D eigenvalue weighted by molar-refractivity contribution is 7.89. The fourth-order valence-electron chi connectivity index (χ4n) is 4.46. The Morgan fingerprint density at radius 1 is 1.36 bits per heavy atom. The van der Waals surface area contributed by atoms with Crippen LogP contribution in [0.2, 0.25) is 5.02 Å². The van der Waals surface area contributed by atoms with E-state index >= 15 is 0 Å². The van der Waals surface area contributed by atoms with Crippen molar-refractivity contribution in [2.75, 3.05) is 18.8 Å². The molecule has 1 fully saturated rings. The molecular weight excluding hydrogens is 362 g/mol. The third kappa shape index (κ3) is 2.36. The van der Waals surface area contributed by atoms with E-state index in [9.17, 15) is 13.5 Å². The maximum atomic E-state index is 12.1. The molecule has 0 spiro atoms. The van der Waals surface area contributed by atoms with E-state index in [0.717, 1.165) is 16.5 Å². The largest absolute Gasteiger partial charge is 0.386 e. The van der Waals surface area contributed by atoms with Gasteiger partial charge in [0.2, 0.25) is 10.0 Å². The molecule has 2 aliphatic rings. The van der Waals surface area contributed by atoms with Crippen molar-refractivity contribution in [3.05, 3.63) is 28.9 Å². The zero-order chi connectivity index (χ0) is 18.0. The summed E-state index contributed by atoms with van der Waals surface area (Å²) in [7, 11) is -3.16. The Morgan fingerprint density at radius 2 is 2.04 bits per heavy atom. The molecule has 1 aromatic carbocycles. The summed E-state index contributed by atoms with van der Waals surface area (Å²) in [5.74, 6) is 0.265. The highest BCUT2D eigenvalue weighted by Gasteiger charge is 2.51. The minimum Gasteiger partial charge on any atom is -0.386 e. The Morgan fingerprint density at radius 3 is 2.68 bits per heavy atom. The van der Waals surface area contributed by atoms with Crippen LogP contribution in [0.3, 0.4) is 0 Å². The van der Waals surface area contributed by atoms with Crippen molar-refractivity contribution in [2.24, 2.45) is 5.92 Å². The second-order valence-electron chi connectivity index (χ2n) is 7.19. The van der Waals surface area contributed by atoms with Crippen molar-refractivity contribution < 1.29 is 13.5 Å². The molecule has 4 rings (SSSR count). The van der Waals surface area contributed by atoms with Gasteiger partial charge in [0.1, 0.15) is 6.10 Å². The Kier molecular flexibility index (Phi) is 3.92. The van der Waals surface area contributed by atoms with Gasteiger partial charge in [-0.3, -0.25) is 4.68 Å². The molecule has 1 aromatic heterocycles. The van der Waals surface area contributed by atoms with Gasteiger partial charge in [-0.25, -0.2) is 12.7 Å². The molecule has 0 bridgehead atoms. The van der Waals surface area contributed by atoms with Crippen molar-refractivity contribution >= 4 is 32.5 Å². The molecule has 0 saturated carbocycles. The molecule has 0 amide bonds. The Bertz CT molecular complexity index is 934. The van der Waals surface area contributed by atoms with E-state index in [1.165, 1.54) is 0 Å². The van der Waals surface area contributed by atoms with E-state index in [2.05, 4.69) is 5.10 Å². The average molecular weight is 384 g/mol. The number of halogens is 1. The number of hydrogen-bond donors (Lipinski definition) is 1. The van der Waals surface area contributed by atoms with Gasteiger partial charge in [0, 0.05) is 29.1 Å². The van der Waals surface area contributed by atoms with E-state index in [-0.39, 0.29) is 11.7 Å². The molecule has 2 atom stereocenters. The first-order valence-electron chi connectivity index (χ1n) is 8.62. The quantitative estimate of drug-likeness (QED) is 0.883. The minimum atomic E-state index is -3.16. The lowest BCUT2D eigenvalue weighted by Crippen LogP contribution is -2.48. The van der Waals surface area contributed by atoms with Crippen LogP contribution >= 0.6 is 11.6 Å². The molecule has 8 heteroatoms. The summed E-state index contributed by atoms with van der Waals surface area (Å²) in [5, 5.41) is 17.1. The summed E-state index contributed by atoms with van der Waals surface area (Å²) in [4.78, 5) is 0. The third-order valence-electron chi connectivity index (χ3n) is 6.00. The first kappa shape index (κ1) is 17.3. The van der Waals surface area contributed by atoms with Crippen molar-refractivity contribution in [3.63, 3.8) is 0 Å². The number of aliphatic hydroxyl groups is 1. The van der Waals surface area contributed by atoms with Crippen LogP contribution in [-0.4, -0.2) is 46.5 Å². The number of aromatic nitrogens is 2. The predicted octanol–water partition coefficient (Wildman–Crippen LogP) is 2.51. The zero-order valence-corrected chi connectivity index (χ0v) is 15.9. The maximum Gasteiger partial charge on any atom is 0.213 e. The standard InChI is InChI=1S/C17H22ClN3O3S/c1-3-25(23,24)20-6-4-12(5-7-20)17(2)16(22)14-9-13(18)8-11-10-19-21(17)15(11)14/h8-10,12,16,22H,3-7H2,1-2H3/t16-,17?/m1/s1. The number of piperidine rings is 1. The summed E-state index contributed by atoms with van der Waals surface area (Å²) in [6.07, 6.45) is 2.49. The second-order valence-corrected chi connectivity index (χ2v) is 9.89. The predicted molar refractivity (Wildman–Crippen MR) is 97.1 cm³/mol. The fraction of sp³-hybridized carbons (Fsp3) is 0.588. The number of rotatable bonds is 3. The zero-order valence-electron chi connectivity index (χ0n) is 14.3. The molecule has 25 heavy (non-hydrogen) atoms. The topological polar surface area (TPSA) is 75.4 Å². The molecule has 2 aliphatic heterocycles. The van der Waals surface area contributed by atoms with E-state index in [4.69, 9.17) is 11.6 Å². The van der Waals surface area contributed by atoms with Crippen LogP contribution < -0.4 is 0 Å². The molecule has 1 saturated heterocycles. The van der Waals surface area contributed by atoms with Crippen LogP contribution in [0.25, 0.3) is 10.9 Å². The van der Waals surface area contributed by atoms with Crippen LogP contribution in [0.4, 0.5) is 0 Å². The lowest BCUT2D eigenvalue weighted by atomic mass is 9.75. The normalized spacial score (nSPS) is 28.1. The van der Waals surface area contributed by atoms with E-state index in [0.29, 0.717) is 31.0 Å². The van der Waals surface area contributed by atoms with Gasteiger partial charge >= 0.3 is 0 Å².